The van der Waals surface area contributed by atoms with E-state index >= 15 is 0 Å². The predicted octanol–water partition coefficient (Wildman–Crippen LogP) is 2.91. The zero-order chi connectivity index (χ0) is 22.6. The lowest BCUT2D eigenvalue weighted by Crippen LogP contribution is -2.41. The molecule has 1 aromatic carbocycles. The Morgan fingerprint density at radius 1 is 1.09 bits per heavy atom. The normalized spacial score (nSPS) is 19.5. The van der Waals surface area contributed by atoms with Crippen LogP contribution in [0.25, 0.3) is 0 Å². The van der Waals surface area contributed by atoms with Gasteiger partial charge in [0.05, 0.1) is 30.5 Å². The third kappa shape index (κ3) is 5.18. The third-order valence-corrected chi connectivity index (χ3v) is 8.32. The number of hydrogen-bond acceptors (Lipinski definition) is 6. The molecular formula is C22H28ClN3O5S. The van der Waals surface area contributed by atoms with E-state index in [4.69, 9.17) is 20.8 Å². The number of sulfonamides is 1. The molecule has 10 heteroatoms. The maximum absolute atomic E-state index is 13.0. The van der Waals surface area contributed by atoms with Gasteiger partial charge in [-0.05, 0) is 56.3 Å². The van der Waals surface area contributed by atoms with E-state index in [9.17, 15) is 13.2 Å². The van der Waals surface area contributed by atoms with Crippen molar-refractivity contribution in [2.75, 3.05) is 45.9 Å². The summed E-state index contributed by atoms with van der Waals surface area (Å²) in [6.07, 6.45) is 5.07. The standard InChI is InChI=1S/C22H28ClN3O5S/c23-18-7-6-17(15-21(18)32(28,29)26-10-13-30-14-11-26)22(27)24-16-19(20-5-4-12-31-20)25-8-2-1-3-9-25/h4-7,12,15,19H,1-3,8-11,13-14,16H2,(H,24,27)/t19-/m0/s1. The van der Waals surface area contributed by atoms with Gasteiger partial charge in [0.15, 0.2) is 0 Å². The largest absolute Gasteiger partial charge is 0.468 e. The lowest BCUT2D eigenvalue weighted by Gasteiger charge is -2.33. The van der Waals surface area contributed by atoms with Crippen molar-refractivity contribution >= 4 is 27.5 Å². The highest BCUT2D eigenvalue weighted by molar-refractivity contribution is 7.89. The molecule has 2 aliphatic rings. The maximum atomic E-state index is 13.0. The van der Waals surface area contributed by atoms with Gasteiger partial charge in [-0.1, -0.05) is 18.0 Å². The lowest BCUT2D eigenvalue weighted by molar-refractivity contribution is 0.0730. The van der Waals surface area contributed by atoms with Gasteiger partial charge in [0, 0.05) is 25.2 Å². The topological polar surface area (TPSA) is 92.1 Å². The molecule has 1 atom stereocenters. The van der Waals surface area contributed by atoms with E-state index in [1.807, 2.05) is 12.1 Å². The molecule has 8 nitrogen and oxygen atoms in total. The molecule has 0 unspecified atom stereocenters. The highest BCUT2D eigenvalue weighted by atomic mass is 35.5. The Morgan fingerprint density at radius 3 is 2.53 bits per heavy atom. The van der Waals surface area contributed by atoms with Crippen molar-refractivity contribution in [1.29, 1.82) is 0 Å². The summed E-state index contributed by atoms with van der Waals surface area (Å²) in [5.74, 6) is 0.451. The Morgan fingerprint density at radius 2 is 1.84 bits per heavy atom. The van der Waals surface area contributed by atoms with Crippen LogP contribution >= 0.6 is 11.6 Å². The Kier molecular flexibility index (Phi) is 7.52. The smallest absolute Gasteiger partial charge is 0.251 e. The van der Waals surface area contributed by atoms with Gasteiger partial charge in [-0.3, -0.25) is 9.69 Å². The number of nitrogens with one attached hydrogen (secondary N) is 1. The number of halogens is 1. The van der Waals surface area contributed by atoms with Gasteiger partial charge in [0.2, 0.25) is 10.0 Å². The summed E-state index contributed by atoms with van der Waals surface area (Å²) >= 11 is 6.21. The van der Waals surface area contributed by atoms with E-state index in [-0.39, 0.29) is 40.5 Å². The molecule has 1 aromatic heterocycles. The molecule has 4 rings (SSSR count). The zero-order valence-electron chi connectivity index (χ0n) is 17.8. The van der Waals surface area contributed by atoms with Crippen molar-refractivity contribution in [3.8, 4) is 0 Å². The molecule has 174 valence electrons. The first-order valence-corrected chi connectivity index (χ1v) is 12.7. The number of rotatable bonds is 7. The summed E-state index contributed by atoms with van der Waals surface area (Å²) in [7, 11) is -3.81. The number of furan rings is 1. The Labute approximate surface area is 193 Å². The van der Waals surface area contributed by atoms with Crippen LogP contribution in [0.1, 0.15) is 41.4 Å². The van der Waals surface area contributed by atoms with Gasteiger partial charge in [0.1, 0.15) is 10.7 Å². The average Bonchev–Trinajstić information content (AvgIpc) is 3.35. The van der Waals surface area contributed by atoms with Crippen LogP contribution in [0.4, 0.5) is 0 Å². The predicted molar refractivity (Wildman–Crippen MR) is 120 cm³/mol. The fourth-order valence-electron chi connectivity index (χ4n) is 4.18. The van der Waals surface area contributed by atoms with E-state index in [0.29, 0.717) is 19.8 Å². The van der Waals surface area contributed by atoms with Crippen molar-refractivity contribution in [3.63, 3.8) is 0 Å². The Hall–Kier alpha value is -1.91. The molecular weight excluding hydrogens is 454 g/mol. The molecule has 0 radical (unpaired) electrons. The zero-order valence-corrected chi connectivity index (χ0v) is 19.4. The second-order valence-electron chi connectivity index (χ2n) is 8.00. The fourth-order valence-corrected chi connectivity index (χ4v) is 6.09. The number of likely N-dealkylation sites (tertiary alicyclic amines) is 1. The summed E-state index contributed by atoms with van der Waals surface area (Å²) < 4.78 is 38.3. The minimum absolute atomic E-state index is 0.0627. The highest BCUT2D eigenvalue weighted by Gasteiger charge is 2.30. The summed E-state index contributed by atoms with van der Waals surface area (Å²) in [4.78, 5) is 15.2. The van der Waals surface area contributed by atoms with Gasteiger partial charge in [-0.15, -0.1) is 0 Å². The first-order chi connectivity index (χ1) is 15.5. The molecule has 0 spiro atoms. The summed E-state index contributed by atoms with van der Waals surface area (Å²) in [5.41, 5.74) is 0.248. The van der Waals surface area contributed by atoms with Crippen molar-refractivity contribution in [2.24, 2.45) is 0 Å². The molecule has 0 bridgehead atoms. The van der Waals surface area contributed by atoms with E-state index < -0.39 is 10.0 Å². The van der Waals surface area contributed by atoms with Gasteiger partial charge in [0.25, 0.3) is 5.91 Å². The van der Waals surface area contributed by atoms with E-state index in [1.165, 1.54) is 22.9 Å². The molecule has 2 fully saturated rings. The summed E-state index contributed by atoms with van der Waals surface area (Å²) in [6.45, 7) is 3.45. The minimum Gasteiger partial charge on any atom is -0.468 e. The number of benzene rings is 1. The first kappa shape index (κ1) is 23.3. The van der Waals surface area contributed by atoms with Crippen LogP contribution in [-0.2, 0) is 14.8 Å². The van der Waals surface area contributed by atoms with Gasteiger partial charge >= 0.3 is 0 Å². The molecule has 2 saturated heterocycles. The number of piperidine rings is 1. The van der Waals surface area contributed by atoms with Crippen LogP contribution in [0.2, 0.25) is 5.02 Å². The van der Waals surface area contributed by atoms with E-state index in [0.717, 1.165) is 31.7 Å². The molecule has 2 aromatic rings. The lowest BCUT2D eigenvalue weighted by atomic mass is 10.1. The molecule has 1 N–H and O–H groups in total. The number of carbonyl (C=O) groups is 1. The monoisotopic (exact) mass is 481 g/mol. The molecule has 2 aliphatic heterocycles. The van der Waals surface area contributed by atoms with E-state index in [1.54, 1.807) is 12.3 Å². The molecule has 0 saturated carbocycles. The van der Waals surface area contributed by atoms with Crippen LogP contribution < -0.4 is 5.32 Å². The van der Waals surface area contributed by atoms with Crippen LogP contribution in [0, 0.1) is 0 Å². The Balaban J connectivity index is 1.50. The van der Waals surface area contributed by atoms with Gasteiger partial charge in [-0.2, -0.15) is 4.31 Å². The highest BCUT2D eigenvalue weighted by Crippen LogP contribution is 2.27. The third-order valence-electron chi connectivity index (χ3n) is 5.94. The van der Waals surface area contributed by atoms with Crippen LogP contribution in [0.15, 0.2) is 45.9 Å². The first-order valence-electron chi connectivity index (χ1n) is 10.9. The van der Waals surface area contributed by atoms with Gasteiger partial charge in [-0.25, -0.2) is 8.42 Å². The quantitative estimate of drug-likeness (QED) is 0.653. The van der Waals surface area contributed by atoms with Crippen LogP contribution in [0.3, 0.4) is 0 Å². The second-order valence-corrected chi connectivity index (χ2v) is 10.3. The SMILES string of the molecule is O=C(NC[C@@H](c1ccco1)N1CCCCC1)c1ccc(Cl)c(S(=O)(=O)N2CCOCC2)c1. The molecule has 3 heterocycles. The minimum atomic E-state index is -3.81. The summed E-state index contributed by atoms with van der Waals surface area (Å²) in [6, 6.07) is 8.04. The molecule has 32 heavy (non-hydrogen) atoms. The molecule has 0 aliphatic carbocycles. The van der Waals surface area contributed by atoms with Gasteiger partial charge < -0.3 is 14.5 Å². The summed E-state index contributed by atoms with van der Waals surface area (Å²) in [5, 5.41) is 3.04. The number of carbonyl (C=O) groups excluding carboxylic acids is 1. The Bertz CT molecular complexity index is 1020. The van der Waals surface area contributed by atoms with Crippen LogP contribution in [0.5, 0.6) is 0 Å². The average molecular weight is 482 g/mol. The maximum Gasteiger partial charge on any atom is 0.251 e. The number of ether oxygens (including phenoxy) is 1. The fraction of sp³-hybridized carbons (Fsp3) is 0.500. The van der Waals surface area contributed by atoms with Crippen molar-refractivity contribution in [1.82, 2.24) is 14.5 Å². The van der Waals surface area contributed by atoms with Crippen molar-refractivity contribution in [2.45, 2.75) is 30.2 Å². The van der Waals surface area contributed by atoms with E-state index in [2.05, 4.69) is 10.2 Å². The van der Waals surface area contributed by atoms with Crippen LogP contribution in [-0.4, -0.2) is 69.5 Å². The van der Waals surface area contributed by atoms with Crippen molar-refractivity contribution in [3.05, 3.63) is 52.9 Å². The number of amides is 1. The molecule has 1 amide bonds. The second kappa shape index (κ2) is 10.4. The van der Waals surface area contributed by atoms with Crippen molar-refractivity contribution < 1.29 is 22.4 Å². The number of nitrogens with zero attached hydrogens (tertiary/aromatic N) is 2. The number of morpholine rings is 1. The number of hydrogen-bond donors (Lipinski definition) is 1.